The van der Waals surface area contributed by atoms with E-state index < -0.39 is 5.54 Å². The molecule has 16 heavy (non-hydrogen) atoms. The van der Waals surface area contributed by atoms with Crippen LogP contribution in [0.2, 0.25) is 0 Å². The summed E-state index contributed by atoms with van der Waals surface area (Å²) < 4.78 is -0.0244. The average Bonchev–Trinajstić information content (AvgIpc) is 2.12. The van der Waals surface area contributed by atoms with E-state index >= 15 is 0 Å². The van der Waals surface area contributed by atoms with Crippen molar-refractivity contribution < 1.29 is 9.59 Å². The molecule has 0 bridgehead atoms. The van der Waals surface area contributed by atoms with Crippen molar-refractivity contribution in [3.63, 3.8) is 0 Å². The van der Waals surface area contributed by atoms with Crippen LogP contribution in [0.4, 0.5) is 0 Å². The molecule has 0 aromatic carbocycles. The van der Waals surface area contributed by atoms with Crippen molar-refractivity contribution in [2.75, 3.05) is 19.3 Å². The highest BCUT2D eigenvalue weighted by Gasteiger charge is 2.40. The summed E-state index contributed by atoms with van der Waals surface area (Å²) in [5, 5.41) is 2.70. The molecule has 1 rings (SSSR count). The summed E-state index contributed by atoms with van der Waals surface area (Å²) in [4.78, 5) is 25.2. The summed E-state index contributed by atoms with van der Waals surface area (Å²) in [5.74, 6) is -0.0873. The van der Waals surface area contributed by atoms with Crippen LogP contribution in [0, 0.1) is 0 Å². The Bertz CT molecular complexity index is 313. The molecule has 0 aliphatic carbocycles. The number of thioether (sulfide) groups is 1. The fourth-order valence-electron chi connectivity index (χ4n) is 1.73. The van der Waals surface area contributed by atoms with Crippen LogP contribution < -0.4 is 5.32 Å². The Morgan fingerprint density at radius 2 is 2.00 bits per heavy atom. The van der Waals surface area contributed by atoms with Crippen LogP contribution in [0.1, 0.15) is 27.7 Å². The maximum absolute atomic E-state index is 12.1. The topological polar surface area (TPSA) is 49.4 Å². The molecule has 0 aromatic rings. The Hall–Kier alpha value is -0.710. The zero-order valence-corrected chi connectivity index (χ0v) is 11.4. The molecule has 0 unspecified atom stereocenters. The summed E-state index contributed by atoms with van der Waals surface area (Å²) in [6, 6.07) is 0. The highest BCUT2D eigenvalue weighted by molar-refractivity contribution is 7.99. The number of amides is 2. The van der Waals surface area contributed by atoms with Crippen molar-refractivity contribution in [3.8, 4) is 0 Å². The molecule has 1 aliphatic heterocycles. The lowest BCUT2D eigenvalue weighted by Gasteiger charge is -2.40. The summed E-state index contributed by atoms with van der Waals surface area (Å²) in [6.07, 6.45) is 2.01. The second kappa shape index (κ2) is 4.28. The minimum absolute atomic E-state index is 0.00535. The SMILES string of the molecule is CSC(C)(C)CN1CC(=O)NC(C)(C)C1=O. The first-order valence-corrected chi connectivity index (χ1v) is 6.56. The van der Waals surface area contributed by atoms with E-state index in [9.17, 15) is 9.59 Å². The Morgan fingerprint density at radius 1 is 1.44 bits per heavy atom. The average molecular weight is 244 g/mol. The lowest BCUT2D eigenvalue weighted by molar-refractivity contribution is -0.148. The standard InChI is InChI=1S/C11H20N2O2S/c1-10(2,16-5)7-13-6-8(14)12-11(3,4)9(13)15/h6-7H2,1-5H3,(H,12,14). The van der Waals surface area contributed by atoms with Gasteiger partial charge in [-0.15, -0.1) is 0 Å². The molecule has 0 radical (unpaired) electrons. The third-order valence-corrected chi connectivity index (χ3v) is 3.97. The van der Waals surface area contributed by atoms with Gasteiger partial charge in [0.25, 0.3) is 0 Å². The van der Waals surface area contributed by atoms with Gasteiger partial charge in [-0.2, -0.15) is 11.8 Å². The van der Waals surface area contributed by atoms with Crippen LogP contribution in [0.15, 0.2) is 0 Å². The van der Waals surface area contributed by atoms with E-state index in [0.717, 1.165) is 0 Å². The fraction of sp³-hybridized carbons (Fsp3) is 0.818. The third-order valence-electron chi connectivity index (χ3n) is 2.73. The zero-order chi connectivity index (χ0) is 12.6. The lowest BCUT2D eigenvalue weighted by atomic mass is 9.99. The van der Waals surface area contributed by atoms with Crippen LogP contribution in [0.3, 0.4) is 0 Å². The maximum atomic E-state index is 12.1. The minimum atomic E-state index is -0.774. The largest absolute Gasteiger partial charge is 0.341 e. The van der Waals surface area contributed by atoms with E-state index in [1.807, 2.05) is 6.26 Å². The van der Waals surface area contributed by atoms with Gasteiger partial charge in [0.15, 0.2) is 0 Å². The van der Waals surface area contributed by atoms with Crippen molar-refractivity contribution in [3.05, 3.63) is 0 Å². The smallest absolute Gasteiger partial charge is 0.248 e. The minimum Gasteiger partial charge on any atom is -0.341 e. The molecule has 1 aliphatic rings. The molecule has 1 heterocycles. The van der Waals surface area contributed by atoms with Gasteiger partial charge in [-0.1, -0.05) is 0 Å². The number of nitrogens with one attached hydrogen (secondary N) is 1. The zero-order valence-electron chi connectivity index (χ0n) is 10.6. The highest BCUT2D eigenvalue weighted by atomic mass is 32.2. The van der Waals surface area contributed by atoms with Gasteiger partial charge in [0.1, 0.15) is 5.54 Å². The van der Waals surface area contributed by atoms with E-state index in [-0.39, 0.29) is 23.1 Å². The van der Waals surface area contributed by atoms with Gasteiger partial charge in [0, 0.05) is 11.3 Å². The second-order valence-electron chi connectivity index (χ2n) is 5.30. The molecular formula is C11H20N2O2S. The first-order chi connectivity index (χ1) is 7.18. The maximum Gasteiger partial charge on any atom is 0.248 e. The predicted molar refractivity (Wildman–Crippen MR) is 66.4 cm³/mol. The Labute approximate surface area is 101 Å². The number of carbonyl (C=O) groups is 2. The Morgan fingerprint density at radius 3 is 2.50 bits per heavy atom. The summed E-state index contributed by atoms with van der Waals surface area (Å²) in [5.41, 5.74) is -0.774. The number of nitrogens with zero attached hydrogens (tertiary/aromatic N) is 1. The molecule has 0 aromatic heterocycles. The van der Waals surface area contributed by atoms with Gasteiger partial charge in [0.05, 0.1) is 6.54 Å². The third kappa shape index (κ3) is 2.90. The number of rotatable bonds is 3. The fourth-order valence-corrected chi connectivity index (χ4v) is 2.02. The van der Waals surface area contributed by atoms with Crippen LogP contribution in [0.5, 0.6) is 0 Å². The van der Waals surface area contributed by atoms with Gasteiger partial charge >= 0.3 is 0 Å². The monoisotopic (exact) mass is 244 g/mol. The molecular weight excluding hydrogens is 224 g/mol. The van der Waals surface area contributed by atoms with E-state index in [0.29, 0.717) is 6.54 Å². The highest BCUT2D eigenvalue weighted by Crippen LogP contribution is 2.24. The van der Waals surface area contributed by atoms with E-state index in [2.05, 4.69) is 19.2 Å². The number of carbonyl (C=O) groups excluding carboxylic acids is 2. The molecule has 2 amide bonds. The van der Waals surface area contributed by atoms with Crippen molar-refractivity contribution in [1.29, 1.82) is 0 Å². The van der Waals surface area contributed by atoms with Crippen LogP contribution in [0.25, 0.3) is 0 Å². The van der Waals surface area contributed by atoms with Crippen LogP contribution in [-0.2, 0) is 9.59 Å². The van der Waals surface area contributed by atoms with E-state index in [4.69, 9.17) is 0 Å². The number of hydrogen-bond donors (Lipinski definition) is 1. The molecule has 0 saturated carbocycles. The summed E-state index contributed by atoms with van der Waals surface area (Å²) in [6.45, 7) is 8.40. The van der Waals surface area contributed by atoms with Gasteiger partial charge in [-0.05, 0) is 34.0 Å². The molecule has 1 N–H and O–H groups in total. The van der Waals surface area contributed by atoms with E-state index in [1.165, 1.54) is 0 Å². The molecule has 4 nitrogen and oxygen atoms in total. The molecule has 5 heteroatoms. The van der Waals surface area contributed by atoms with Crippen molar-refractivity contribution in [2.45, 2.75) is 38.0 Å². The molecule has 1 saturated heterocycles. The molecule has 92 valence electrons. The summed E-state index contributed by atoms with van der Waals surface area (Å²) in [7, 11) is 0. The first kappa shape index (κ1) is 13.4. The van der Waals surface area contributed by atoms with Gasteiger partial charge in [-0.25, -0.2) is 0 Å². The van der Waals surface area contributed by atoms with Crippen molar-refractivity contribution >= 4 is 23.6 Å². The quantitative estimate of drug-likeness (QED) is 0.801. The lowest BCUT2D eigenvalue weighted by Crippen LogP contribution is -2.65. The van der Waals surface area contributed by atoms with Crippen LogP contribution >= 0.6 is 11.8 Å². The van der Waals surface area contributed by atoms with E-state index in [1.54, 1.807) is 30.5 Å². The first-order valence-electron chi connectivity index (χ1n) is 5.33. The number of hydrogen-bond acceptors (Lipinski definition) is 3. The Kier molecular flexibility index (Phi) is 3.57. The number of piperazine rings is 1. The second-order valence-corrected chi connectivity index (χ2v) is 6.81. The Balaban J connectivity index is 2.80. The molecule has 1 fully saturated rings. The van der Waals surface area contributed by atoms with Gasteiger partial charge in [-0.3, -0.25) is 9.59 Å². The van der Waals surface area contributed by atoms with Crippen LogP contribution in [-0.4, -0.2) is 46.3 Å². The van der Waals surface area contributed by atoms with Crippen molar-refractivity contribution in [2.24, 2.45) is 0 Å². The molecule has 0 spiro atoms. The normalized spacial score (nSPS) is 20.9. The summed E-state index contributed by atoms with van der Waals surface area (Å²) >= 11 is 1.70. The van der Waals surface area contributed by atoms with Gasteiger partial charge < -0.3 is 10.2 Å². The van der Waals surface area contributed by atoms with Crippen molar-refractivity contribution in [1.82, 2.24) is 10.2 Å². The van der Waals surface area contributed by atoms with Gasteiger partial charge in [0.2, 0.25) is 11.8 Å². The predicted octanol–water partition coefficient (Wildman–Crippen LogP) is 0.865. The molecule has 0 atom stereocenters.